The molecule has 2 atom stereocenters. The predicted octanol–water partition coefficient (Wildman–Crippen LogP) is 1.44. The molecule has 3 heterocycles. The number of fused-ring (bicyclic) bond motifs is 1. The van der Waals surface area contributed by atoms with Gasteiger partial charge in [-0.1, -0.05) is 0 Å². The number of anilines is 1. The number of carbonyl (C=O) groups excluding carboxylic acids is 2. The van der Waals surface area contributed by atoms with Crippen molar-refractivity contribution in [2.45, 2.75) is 38.1 Å². The molecule has 0 radical (unpaired) electrons. The van der Waals surface area contributed by atoms with Gasteiger partial charge in [-0.15, -0.1) is 0 Å². The summed E-state index contributed by atoms with van der Waals surface area (Å²) in [5.74, 6) is 0.702. The van der Waals surface area contributed by atoms with Gasteiger partial charge in [0, 0.05) is 39.3 Å². The summed E-state index contributed by atoms with van der Waals surface area (Å²) in [5, 5.41) is 2.76. The van der Waals surface area contributed by atoms with E-state index in [0.29, 0.717) is 5.82 Å². The number of aryl methyl sites for hydroxylation is 3. The maximum absolute atomic E-state index is 12.8. The Bertz CT molecular complexity index is 801. The topological polar surface area (TPSA) is 93.3 Å². The Hall–Kier alpha value is -2.64. The molecule has 1 fully saturated rings. The van der Waals surface area contributed by atoms with Crippen LogP contribution in [0.25, 0.3) is 0 Å². The van der Waals surface area contributed by atoms with Gasteiger partial charge >= 0.3 is 6.01 Å². The van der Waals surface area contributed by atoms with Crippen LogP contribution >= 0.6 is 0 Å². The van der Waals surface area contributed by atoms with Crippen molar-refractivity contribution in [1.82, 2.24) is 19.4 Å². The van der Waals surface area contributed by atoms with Crippen LogP contribution in [-0.4, -0.2) is 38.3 Å². The summed E-state index contributed by atoms with van der Waals surface area (Å²) in [6.07, 6.45) is 7.55. The van der Waals surface area contributed by atoms with E-state index in [-0.39, 0.29) is 24.2 Å². The number of nitrogens with one attached hydrogen (secondary N) is 1. The fourth-order valence-corrected chi connectivity index (χ4v) is 3.72. The molecule has 8 heteroatoms. The molecule has 1 saturated heterocycles. The summed E-state index contributed by atoms with van der Waals surface area (Å²) >= 11 is 0. The first-order chi connectivity index (χ1) is 12.0. The van der Waals surface area contributed by atoms with Crippen LogP contribution in [0, 0.1) is 5.92 Å². The average Bonchev–Trinajstić information content (AvgIpc) is 3.26. The molecule has 1 aliphatic carbocycles. The average molecular weight is 343 g/mol. The maximum Gasteiger partial charge on any atom is 0.301 e. The number of carbonyl (C=O) groups is 2. The minimum atomic E-state index is -0.525. The summed E-state index contributed by atoms with van der Waals surface area (Å²) in [6, 6.07) is -0.158. The van der Waals surface area contributed by atoms with E-state index in [1.54, 1.807) is 18.1 Å². The van der Waals surface area contributed by atoms with Crippen LogP contribution in [0.4, 0.5) is 6.01 Å². The van der Waals surface area contributed by atoms with Crippen LogP contribution in [0.15, 0.2) is 16.8 Å². The summed E-state index contributed by atoms with van der Waals surface area (Å²) in [5.41, 5.74) is 0.932. The Morgan fingerprint density at radius 2 is 2.12 bits per heavy atom. The molecule has 0 spiro atoms. The monoisotopic (exact) mass is 343 g/mol. The second kappa shape index (κ2) is 6.02. The number of amides is 2. The van der Waals surface area contributed by atoms with E-state index < -0.39 is 12.0 Å². The fraction of sp³-hybridized carbons (Fsp3) is 0.529. The van der Waals surface area contributed by atoms with Crippen molar-refractivity contribution in [3.05, 3.63) is 29.7 Å². The first kappa shape index (κ1) is 15.9. The lowest BCUT2D eigenvalue weighted by molar-refractivity contribution is -0.128. The zero-order valence-corrected chi connectivity index (χ0v) is 14.4. The molecule has 25 heavy (non-hydrogen) atoms. The molecule has 8 nitrogen and oxygen atoms in total. The maximum atomic E-state index is 12.8. The highest BCUT2D eigenvalue weighted by molar-refractivity contribution is 5.96. The zero-order valence-electron chi connectivity index (χ0n) is 14.4. The number of likely N-dealkylation sites (tertiary alicyclic amines) is 1. The highest BCUT2D eigenvalue weighted by atomic mass is 16.4. The number of aromatic nitrogens is 3. The minimum Gasteiger partial charge on any atom is -0.428 e. The van der Waals surface area contributed by atoms with Crippen molar-refractivity contribution < 1.29 is 14.0 Å². The summed E-state index contributed by atoms with van der Waals surface area (Å²) in [6.45, 7) is 0. The molecule has 132 valence electrons. The van der Waals surface area contributed by atoms with Crippen molar-refractivity contribution >= 4 is 17.8 Å². The molecule has 2 aliphatic rings. The van der Waals surface area contributed by atoms with E-state index in [1.807, 2.05) is 17.8 Å². The summed E-state index contributed by atoms with van der Waals surface area (Å²) in [4.78, 5) is 35.3. The summed E-state index contributed by atoms with van der Waals surface area (Å²) in [7, 11) is 3.56. The Morgan fingerprint density at radius 1 is 1.32 bits per heavy atom. The molecule has 0 aromatic carbocycles. The predicted molar refractivity (Wildman–Crippen MR) is 88.6 cm³/mol. The molecule has 4 rings (SSSR count). The normalized spacial score (nSPS) is 23.0. The van der Waals surface area contributed by atoms with Gasteiger partial charge in [-0.2, -0.15) is 4.98 Å². The lowest BCUT2D eigenvalue weighted by atomic mass is 9.98. The van der Waals surface area contributed by atoms with Crippen LogP contribution in [0.5, 0.6) is 0 Å². The van der Waals surface area contributed by atoms with E-state index in [2.05, 4.69) is 15.3 Å². The summed E-state index contributed by atoms with van der Waals surface area (Å²) < 4.78 is 7.51. The lowest BCUT2D eigenvalue weighted by Crippen LogP contribution is -2.31. The number of nitrogens with zero attached hydrogens (tertiary/aromatic N) is 4. The van der Waals surface area contributed by atoms with Crippen LogP contribution in [0.3, 0.4) is 0 Å². The molecule has 1 aliphatic heterocycles. The van der Waals surface area contributed by atoms with Crippen molar-refractivity contribution in [1.29, 1.82) is 0 Å². The highest BCUT2D eigenvalue weighted by Crippen LogP contribution is 2.37. The number of imidazole rings is 1. The molecular formula is C17H21N5O3. The van der Waals surface area contributed by atoms with E-state index in [9.17, 15) is 9.59 Å². The van der Waals surface area contributed by atoms with E-state index in [4.69, 9.17) is 4.42 Å². The second-order valence-corrected chi connectivity index (χ2v) is 6.74. The molecule has 0 unspecified atom stereocenters. The largest absolute Gasteiger partial charge is 0.428 e. The zero-order chi connectivity index (χ0) is 17.6. The van der Waals surface area contributed by atoms with Gasteiger partial charge in [-0.3, -0.25) is 14.9 Å². The van der Waals surface area contributed by atoms with Gasteiger partial charge in [-0.25, -0.2) is 4.98 Å². The van der Waals surface area contributed by atoms with Gasteiger partial charge < -0.3 is 13.9 Å². The van der Waals surface area contributed by atoms with Crippen molar-refractivity contribution in [3.63, 3.8) is 0 Å². The quantitative estimate of drug-likeness (QED) is 0.910. The standard InChI is InChI=1S/C17H21N5O3/c1-21-8-7-18-15(21)14-10(9-13(23)22(14)2)16(24)20-17-19-11-5-3-4-6-12(11)25-17/h7-8,10,14H,3-6,9H2,1-2H3,(H,19,20,24)/t10-,14-/m0/s1. The van der Waals surface area contributed by atoms with Crippen LogP contribution in [-0.2, 0) is 29.5 Å². The lowest BCUT2D eigenvalue weighted by Gasteiger charge is -2.23. The van der Waals surface area contributed by atoms with E-state index in [1.165, 1.54) is 0 Å². The molecule has 0 saturated carbocycles. The van der Waals surface area contributed by atoms with Crippen molar-refractivity contribution in [2.24, 2.45) is 13.0 Å². The van der Waals surface area contributed by atoms with Crippen LogP contribution in [0.2, 0.25) is 0 Å². The first-order valence-electron chi connectivity index (χ1n) is 8.57. The molecule has 1 N–H and O–H groups in total. The smallest absolute Gasteiger partial charge is 0.301 e. The van der Waals surface area contributed by atoms with E-state index >= 15 is 0 Å². The fourth-order valence-electron chi connectivity index (χ4n) is 3.72. The highest BCUT2D eigenvalue weighted by Gasteiger charge is 2.45. The van der Waals surface area contributed by atoms with E-state index in [0.717, 1.165) is 37.1 Å². The second-order valence-electron chi connectivity index (χ2n) is 6.74. The van der Waals surface area contributed by atoms with Gasteiger partial charge in [0.25, 0.3) is 0 Å². The van der Waals surface area contributed by atoms with Gasteiger partial charge in [0.1, 0.15) is 17.6 Å². The number of oxazole rings is 1. The van der Waals surface area contributed by atoms with Gasteiger partial charge in [-0.05, 0) is 19.3 Å². The molecule has 2 aromatic heterocycles. The first-order valence-corrected chi connectivity index (χ1v) is 8.57. The van der Waals surface area contributed by atoms with Crippen LogP contribution in [0.1, 0.15) is 42.6 Å². The Labute approximate surface area is 145 Å². The molecule has 2 amide bonds. The van der Waals surface area contributed by atoms with Crippen molar-refractivity contribution in [3.8, 4) is 0 Å². The number of hydrogen-bond donors (Lipinski definition) is 1. The third-order valence-electron chi connectivity index (χ3n) is 5.12. The number of hydrogen-bond acceptors (Lipinski definition) is 5. The van der Waals surface area contributed by atoms with Crippen molar-refractivity contribution in [2.75, 3.05) is 12.4 Å². The van der Waals surface area contributed by atoms with Gasteiger partial charge in [0.05, 0.1) is 11.6 Å². The molecular weight excluding hydrogens is 322 g/mol. The molecule has 2 aromatic rings. The molecule has 0 bridgehead atoms. The van der Waals surface area contributed by atoms with Gasteiger partial charge in [0.15, 0.2) is 0 Å². The third kappa shape index (κ3) is 2.71. The van der Waals surface area contributed by atoms with Crippen LogP contribution < -0.4 is 5.32 Å². The third-order valence-corrected chi connectivity index (χ3v) is 5.12. The minimum absolute atomic E-state index is 0.0696. The number of rotatable bonds is 3. The SMILES string of the molecule is CN1C(=O)C[C@H](C(=O)Nc2nc3c(o2)CCCC3)[C@H]1c1nccn1C. The Morgan fingerprint density at radius 3 is 2.84 bits per heavy atom. The Kier molecular flexibility index (Phi) is 3.82. The Balaban J connectivity index is 1.57. The van der Waals surface area contributed by atoms with Gasteiger partial charge in [0.2, 0.25) is 11.8 Å².